The van der Waals surface area contributed by atoms with Gasteiger partial charge in [0.05, 0.1) is 11.4 Å². The average Bonchev–Trinajstić information content (AvgIpc) is 1.63. The van der Waals surface area contributed by atoms with Gasteiger partial charge < -0.3 is 32.9 Å². The highest BCUT2D eigenvalue weighted by molar-refractivity contribution is 7.26. The third kappa shape index (κ3) is 11.0. The summed E-state index contributed by atoms with van der Waals surface area (Å²) >= 11 is 3.67. The number of anilines is 12. The molecule has 0 aliphatic carbocycles. The summed E-state index contributed by atoms with van der Waals surface area (Å²) in [5, 5.41) is 11.6. The van der Waals surface area contributed by atoms with Gasteiger partial charge in [0.25, 0.3) is 0 Å². The molecular formula is C96H62N4O3S2. The van der Waals surface area contributed by atoms with Crippen LogP contribution < -0.4 is 19.6 Å². The van der Waals surface area contributed by atoms with Crippen LogP contribution in [0.15, 0.2) is 389 Å². The standard InChI is InChI=1S/C48H30N2O2S.C48H32N2OS/c1-3-12-31(13-4-1)49(33-23-26-44-39(28-33)36-16-7-9-19-42(36)51-44)35-22-25-38-47(30-35)53-46-21-11-18-41(48(38)46)50(32-14-5-2-6-15-32)34-24-27-45-40(29-34)37-17-8-10-20-43(37)52-45;1-4-13-33(14-5-1)34-23-25-37(26-24-34)49(35-15-6-2-7-16-35)39-28-30-42-47(32-39)52-46-22-12-20-43(48(42)46)50(36-17-8-3-9-18-36)38-27-29-41-40-19-10-11-21-44(40)51-45(41)31-38/h1-30H;1-32H. The zero-order chi connectivity index (χ0) is 69.3. The van der Waals surface area contributed by atoms with E-state index < -0.39 is 0 Å². The molecule has 0 aliphatic rings. The first-order chi connectivity index (χ1) is 52.0. The van der Waals surface area contributed by atoms with Crippen molar-refractivity contribution >= 4 is 197 Å². The minimum atomic E-state index is 0.879. The second-order valence-electron chi connectivity index (χ2n) is 26.3. The van der Waals surface area contributed by atoms with Gasteiger partial charge in [-0.1, -0.05) is 194 Å². The van der Waals surface area contributed by atoms with Crippen molar-refractivity contribution in [1.29, 1.82) is 0 Å². The Morgan fingerprint density at radius 2 is 0.476 bits per heavy atom. The smallest absolute Gasteiger partial charge is 0.137 e. The molecule has 7 nitrogen and oxygen atoms in total. The van der Waals surface area contributed by atoms with Crippen LogP contribution in [0.25, 0.3) is 117 Å². The molecule has 21 rings (SSSR count). The van der Waals surface area contributed by atoms with E-state index in [9.17, 15) is 0 Å². The third-order valence-electron chi connectivity index (χ3n) is 20.1. The Kier molecular flexibility index (Phi) is 15.1. The van der Waals surface area contributed by atoms with Crippen molar-refractivity contribution in [2.75, 3.05) is 19.6 Å². The Labute approximate surface area is 613 Å². The van der Waals surface area contributed by atoms with E-state index in [2.05, 4.69) is 359 Å². The topological polar surface area (TPSA) is 52.4 Å². The Hall–Kier alpha value is -13.4. The van der Waals surface area contributed by atoms with Crippen molar-refractivity contribution in [3.05, 3.63) is 376 Å². The van der Waals surface area contributed by atoms with Crippen molar-refractivity contribution < 1.29 is 13.3 Å². The molecule has 0 aliphatic heterocycles. The first kappa shape index (κ1) is 61.4. The maximum atomic E-state index is 6.37. The maximum Gasteiger partial charge on any atom is 0.137 e. The zero-order valence-corrected chi connectivity index (χ0v) is 58.3. The number of hydrogen-bond donors (Lipinski definition) is 0. The molecule has 0 unspecified atom stereocenters. The largest absolute Gasteiger partial charge is 0.456 e. The molecule has 0 radical (unpaired) electrons. The molecule has 0 saturated heterocycles. The SMILES string of the molecule is c1ccc(-c2ccc(N(c3ccccc3)c3ccc4c(c3)sc3cccc(N(c5ccccc5)c5ccc6c(c5)oc5ccccc56)c34)cc2)cc1.c1ccc(N(c2ccc3c(c2)sc2cccc(N(c4ccccc4)c4ccc5oc6ccccc6c5c4)c23)c2ccc3oc4ccccc4c3c2)cc1. The van der Waals surface area contributed by atoms with Crippen molar-refractivity contribution in [2.24, 2.45) is 0 Å². The number of furan rings is 3. The highest BCUT2D eigenvalue weighted by atomic mass is 32.1. The van der Waals surface area contributed by atoms with Crippen molar-refractivity contribution in [3.8, 4) is 11.1 Å². The molecule has 0 spiro atoms. The normalized spacial score (nSPS) is 11.6. The summed E-state index contributed by atoms with van der Waals surface area (Å²) in [6.07, 6.45) is 0. The van der Waals surface area contributed by atoms with Crippen LogP contribution in [-0.4, -0.2) is 0 Å². The van der Waals surface area contributed by atoms with Crippen molar-refractivity contribution in [2.45, 2.75) is 0 Å². The number of rotatable bonds is 13. The summed E-state index contributed by atoms with van der Waals surface area (Å²) in [7, 11) is 0. The molecule has 0 fully saturated rings. The van der Waals surface area contributed by atoms with Crippen LogP contribution in [0.3, 0.4) is 0 Å². The summed E-state index contributed by atoms with van der Waals surface area (Å²) in [4.78, 5) is 9.43. The van der Waals surface area contributed by atoms with Gasteiger partial charge >= 0.3 is 0 Å². The van der Waals surface area contributed by atoms with Crippen LogP contribution in [0.2, 0.25) is 0 Å². The molecule has 5 heterocycles. The lowest BCUT2D eigenvalue weighted by Gasteiger charge is -2.27. The molecule has 496 valence electrons. The molecule has 0 N–H and O–H groups in total. The van der Waals surface area contributed by atoms with E-state index in [0.717, 1.165) is 134 Å². The van der Waals surface area contributed by atoms with Gasteiger partial charge in [-0.05, 0) is 187 Å². The van der Waals surface area contributed by atoms with E-state index in [1.54, 1.807) is 0 Å². The molecule has 5 aromatic heterocycles. The predicted molar refractivity (Wildman–Crippen MR) is 445 cm³/mol. The summed E-state index contributed by atoms with van der Waals surface area (Å²) in [6, 6.07) is 133. The summed E-state index contributed by atoms with van der Waals surface area (Å²) < 4.78 is 23.7. The van der Waals surface area contributed by atoms with Gasteiger partial charge in [0, 0.05) is 136 Å². The van der Waals surface area contributed by atoms with Gasteiger partial charge in [-0.3, -0.25) is 0 Å². The first-order valence-electron chi connectivity index (χ1n) is 35.3. The highest BCUT2D eigenvalue weighted by Crippen LogP contribution is 2.51. The van der Waals surface area contributed by atoms with Crippen molar-refractivity contribution in [1.82, 2.24) is 0 Å². The first-order valence-corrected chi connectivity index (χ1v) is 36.9. The van der Waals surface area contributed by atoms with Crippen LogP contribution in [0.4, 0.5) is 68.2 Å². The molecule has 9 heteroatoms. The van der Waals surface area contributed by atoms with E-state index in [0.29, 0.717) is 0 Å². The Balaban J connectivity index is 0.000000139. The zero-order valence-electron chi connectivity index (χ0n) is 56.6. The number of nitrogens with zero attached hydrogens (tertiary/aromatic N) is 4. The summed E-state index contributed by atoms with van der Waals surface area (Å²) in [6.45, 7) is 0. The fourth-order valence-electron chi connectivity index (χ4n) is 15.3. The second-order valence-corrected chi connectivity index (χ2v) is 28.5. The number of benzene rings is 16. The predicted octanol–water partition coefficient (Wildman–Crippen LogP) is 29.4. The molecule has 16 aromatic carbocycles. The minimum Gasteiger partial charge on any atom is -0.456 e. The van der Waals surface area contributed by atoms with E-state index >= 15 is 0 Å². The fraction of sp³-hybridized carbons (Fsp3) is 0. The van der Waals surface area contributed by atoms with Gasteiger partial charge in [0.15, 0.2) is 0 Å². The summed E-state index contributed by atoms with van der Waals surface area (Å²) in [5.74, 6) is 0. The molecule has 0 atom stereocenters. The number of hydrogen-bond acceptors (Lipinski definition) is 9. The van der Waals surface area contributed by atoms with E-state index in [1.807, 2.05) is 59.1 Å². The molecule has 21 aromatic rings. The maximum absolute atomic E-state index is 6.37. The lowest BCUT2D eigenvalue weighted by Crippen LogP contribution is -2.10. The number of fused-ring (bicyclic) bond motifs is 15. The highest BCUT2D eigenvalue weighted by Gasteiger charge is 2.25. The van der Waals surface area contributed by atoms with Gasteiger partial charge in [-0.25, -0.2) is 0 Å². The lowest BCUT2D eigenvalue weighted by molar-refractivity contribution is 0.668. The monoisotopic (exact) mass is 1380 g/mol. The van der Waals surface area contributed by atoms with Crippen LogP contribution in [0.5, 0.6) is 0 Å². The Morgan fingerprint density at radius 3 is 0.943 bits per heavy atom. The van der Waals surface area contributed by atoms with Crippen LogP contribution >= 0.6 is 22.7 Å². The van der Waals surface area contributed by atoms with E-state index in [1.165, 1.54) is 51.5 Å². The molecular weight excluding hydrogens is 1320 g/mol. The molecule has 105 heavy (non-hydrogen) atoms. The minimum absolute atomic E-state index is 0.879. The molecule has 0 bridgehead atoms. The van der Waals surface area contributed by atoms with Crippen molar-refractivity contribution in [3.63, 3.8) is 0 Å². The lowest BCUT2D eigenvalue weighted by atomic mass is 10.0. The number of para-hydroxylation sites is 7. The second kappa shape index (κ2) is 25.9. The average molecular weight is 1380 g/mol. The van der Waals surface area contributed by atoms with Gasteiger partial charge in [-0.15, -0.1) is 22.7 Å². The number of thiophene rings is 2. The fourth-order valence-corrected chi connectivity index (χ4v) is 17.6. The van der Waals surface area contributed by atoms with Crippen LogP contribution in [-0.2, 0) is 0 Å². The third-order valence-corrected chi connectivity index (χ3v) is 22.3. The van der Waals surface area contributed by atoms with Gasteiger partial charge in [-0.2, -0.15) is 0 Å². The van der Waals surface area contributed by atoms with Gasteiger partial charge in [0.1, 0.15) is 33.5 Å². The quantitative estimate of drug-likeness (QED) is 0.114. The Morgan fingerprint density at radius 1 is 0.171 bits per heavy atom. The van der Waals surface area contributed by atoms with Crippen LogP contribution in [0.1, 0.15) is 0 Å². The van der Waals surface area contributed by atoms with Gasteiger partial charge in [0.2, 0.25) is 0 Å². The Bertz CT molecular complexity index is 6810. The molecule has 0 saturated carbocycles. The van der Waals surface area contributed by atoms with Crippen LogP contribution in [0, 0.1) is 0 Å². The van der Waals surface area contributed by atoms with E-state index in [4.69, 9.17) is 13.3 Å². The van der Waals surface area contributed by atoms with E-state index in [-0.39, 0.29) is 0 Å². The summed E-state index contributed by atoms with van der Waals surface area (Å²) in [5.41, 5.74) is 21.0. The molecule has 0 amide bonds.